The van der Waals surface area contributed by atoms with Crippen LogP contribution in [0.4, 0.5) is 5.69 Å². The quantitative estimate of drug-likeness (QED) is 0.621. The molecule has 0 fully saturated rings. The summed E-state index contributed by atoms with van der Waals surface area (Å²) in [4.78, 5) is 24.7. The lowest BCUT2D eigenvalue weighted by molar-refractivity contribution is -0.125. The molecule has 0 heterocycles. The summed E-state index contributed by atoms with van der Waals surface area (Å²) >= 11 is 0. The number of benzene rings is 2. The first-order chi connectivity index (χ1) is 13.9. The average molecular weight is 433 g/mol. The molecular formula is C22H28N2O5S. The van der Waals surface area contributed by atoms with Gasteiger partial charge in [0, 0.05) is 5.54 Å². The van der Waals surface area contributed by atoms with E-state index in [1.807, 2.05) is 26.8 Å². The van der Waals surface area contributed by atoms with Crippen molar-refractivity contribution in [3.05, 3.63) is 59.2 Å². The van der Waals surface area contributed by atoms with E-state index in [0.29, 0.717) is 5.56 Å². The first kappa shape index (κ1) is 23.4. The molecule has 0 aromatic heterocycles. The summed E-state index contributed by atoms with van der Waals surface area (Å²) in [5.41, 5.74) is 1.08. The van der Waals surface area contributed by atoms with Gasteiger partial charge in [0.25, 0.3) is 15.9 Å². The smallest absolute Gasteiger partial charge is 0.340 e. The molecule has 162 valence electrons. The summed E-state index contributed by atoms with van der Waals surface area (Å²) < 4.78 is 33.3. The van der Waals surface area contributed by atoms with Gasteiger partial charge >= 0.3 is 5.97 Å². The summed E-state index contributed by atoms with van der Waals surface area (Å²) in [6, 6.07) is 11.2. The van der Waals surface area contributed by atoms with Crippen LogP contribution in [0, 0.1) is 13.8 Å². The van der Waals surface area contributed by atoms with Crippen molar-refractivity contribution < 1.29 is 22.7 Å². The van der Waals surface area contributed by atoms with Gasteiger partial charge in [-0.2, -0.15) is 0 Å². The van der Waals surface area contributed by atoms with Crippen molar-refractivity contribution in [1.82, 2.24) is 5.32 Å². The highest BCUT2D eigenvalue weighted by Crippen LogP contribution is 2.23. The molecule has 0 saturated heterocycles. The first-order valence-electron chi connectivity index (χ1n) is 9.62. The Balaban J connectivity index is 2.18. The van der Waals surface area contributed by atoms with Crippen LogP contribution in [-0.2, 0) is 19.6 Å². The predicted molar refractivity (Wildman–Crippen MR) is 116 cm³/mol. The molecule has 0 unspecified atom stereocenters. The highest BCUT2D eigenvalue weighted by molar-refractivity contribution is 7.92. The lowest BCUT2D eigenvalue weighted by Gasteiger charge is -2.24. The molecule has 2 N–H and O–H groups in total. The first-order valence-corrected chi connectivity index (χ1v) is 11.1. The standard InChI is InChI=1S/C22H28N2O5S/c1-6-22(4,5)23-20(25)14-29-21(26)17-9-7-8-10-18(17)24-30(27,28)19-13-15(2)11-12-16(19)3/h7-13,24H,6,14H2,1-5H3,(H,23,25). The minimum Gasteiger partial charge on any atom is -0.452 e. The Hall–Kier alpha value is -2.87. The molecule has 0 spiro atoms. The Morgan fingerprint density at radius 3 is 2.40 bits per heavy atom. The van der Waals surface area contributed by atoms with E-state index in [4.69, 9.17) is 4.74 Å². The molecule has 2 rings (SSSR count). The van der Waals surface area contributed by atoms with Gasteiger partial charge in [-0.1, -0.05) is 31.2 Å². The van der Waals surface area contributed by atoms with Gasteiger partial charge < -0.3 is 10.1 Å². The Labute approximate surface area is 177 Å². The predicted octanol–water partition coefficient (Wildman–Crippen LogP) is 3.57. The molecule has 7 nitrogen and oxygen atoms in total. The van der Waals surface area contributed by atoms with Crippen molar-refractivity contribution in [3.8, 4) is 0 Å². The lowest BCUT2D eigenvalue weighted by Crippen LogP contribution is -2.44. The van der Waals surface area contributed by atoms with Crippen LogP contribution in [0.15, 0.2) is 47.4 Å². The molecule has 2 aromatic rings. The summed E-state index contributed by atoms with van der Waals surface area (Å²) in [5.74, 6) is -1.22. The van der Waals surface area contributed by atoms with Crippen molar-refractivity contribution in [2.24, 2.45) is 0 Å². The molecule has 0 aliphatic rings. The Kier molecular flexibility index (Phi) is 7.25. The van der Waals surface area contributed by atoms with E-state index in [1.165, 1.54) is 12.1 Å². The molecule has 2 aromatic carbocycles. The molecule has 1 amide bonds. The maximum Gasteiger partial charge on any atom is 0.340 e. The Morgan fingerprint density at radius 1 is 1.07 bits per heavy atom. The van der Waals surface area contributed by atoms with E-state index in [-0.39, 0.29) is 16.1 Å². The second kappa shape index (κ2) is 9.30. The van der Waals surface area contributed by atoms with Crippen molar-refractivity contribution in [2.45, 2.75) is 51.5 Å². The summed E-state index contributed by atoms with van der Waals surface area (Å²) in [7, 11) is -3.92. The molecule has 0 radical (unpaired) electrons. The minimum atomic E-state index is -3.92. The highest BCUT2D eigenvalue weighted by atomic mass is 32.2. The molecule has 30 heavy (non-hydrogen) atoms. The number of nitrogens with one attached hydrogen (secondary N) is 2. The largest absolute Gasteiger partial charge is 0.452 e. The maximum absolute atomic E-state index is 12.9. The molecule has 0 aliphatic carbocycles. The number of carbonyl (C=O) groups is 2. The van der Waals surface area contributed by atoms with Gasteiger partial charge in [-0.3, -0.25) is 9.52 Å². The van der Waals surface area contributed by atoms with E-state index in [0.717, 1.165) is 12.0 Å². The highest BCUT2D eigenvalue weighted by Gasteiger charge is 2.23. The van der Waals surface area contributed by atoms with E-state index < -0.39 is 34.0 Å². The third kappa shape index (κ3) is 6.06. The van der Waals surface area contributed by atoms with Gasteiger partial charge in [-0.15, -0.1) is 0 Å². The van der Waals surface area contributed by atoms with Crippen molar-refractivity contribution in [2.75, 3.05) is 11.3 Å². The fourth-order valence-electron chi connectivity index (χ4n) is 2.66. The second-order valence-corrected chi connectivity index (χ2v) is 9.43. The van der Waals surface area contributed by atoms with Crippen LogP contribution in [0.1, 0.15) is 48.7 Å². The second-order valence-electron chi connectivity index (χ2n) is 7.78. The van der Waals surface area contributed by atoms with Crippen LogP contribution in [0.25, 0.3) is 0 Å². The number of sulfonamides is 1. The molecule has 0 bridgehead atoms. The topological polar surface area (TPSA) is 102 Å². The number of hydrogen-bond acceptors (Lipinski definition) is 5. The molecule has 0 saturated carbocycles. The van der Waals surface area contributed by atoms with Crippen LogP contribution in [-0.4, -0.2) is 32.4 Å². The fourth-order valence-corrected chi connectivity index (χ4v) is 4.07. The van der Waals surface area contributed by atoms with Gasteiger partial charge in [-0.05, 0) is 63.4 Å². The van der Waals surface area contributed by atoms with Gasteiger partial charge in [0.15, 0.2) is 6.61 Å². The number of para-hydroxylation sites is 1. The number of ether oxygens (including phenoxy) is 1. The number of anilines is 1. The number of aryl methyl sites for hydroxylation is 2. The van der Waals surface area contributed by atoms with E-state index in [2.05, 4.69) is 10.0 Å². The average Bonchev–Trinajstić information content (AvgIpc) is 2.67. The maximum atomic E-state index is 12.9. The normalized spacial score (nSPS) is 11.6. The summed E-state index contributed by atoms with van der Waals surface area (Å²) in [6.45, 7) is 8.71. The van der Waals surface area contributed by atoms with Gasteiger partial charge in [0.1, 0.15) is 0 Å². The van der Waals surface area contributed by atoms with Gasteiger partial charge in [0.05, 0.1) is 16.1 Å². The van der Waals surface area contributed by atoms with Crippen LogP contribution < -0.4 is 10.0 Å². The lowest BCUT2D eigenvalue weighted by atomic mass is 10.0. The SMILES string of the molecule is CCC(C)(C)NC(=O)COC(=O)c1ccccc1NS(=O)(=O)c1cc(C)ccc1C. The molecule has 0 aliphatic heterocycles. The van der Waals surface area contributed by atoms with Crippen LogP contribution >= 0.6 is 0 Å². The van der Waals surface area contributed by atoms with Crippen LogP contribution in [0.2, 0.25) is 0 Å². The van der Waals surface area contributed by atoms with E-state index in [1.54, 1.807) is 38.1 Å². The third-order valence-corrected chi connectivity index (χ3v) is 6.23. The Bertz CT molecular complexity index is 1050. The van der Waals surface area contributed by atoms with Gasteiger partial charge in [-0.25, -0.2) is 13.2 Å². The minimum absolute atomic E-state index is 0.0222. The van der Waals surface area contributed by atoms with Crippen molar-refractivity contribution in [3.63, 3.8) is 0 Å². The zero-order valence-corrected chi connectivity index (χ0v) is 18.7. The Morgan fingerprint density at radius 2 is 1.73 bits per heavy atom. The third-order valence-electron chi connectivity index (χ3n) is 4.72. The zero-order valence-electron chi connectivity index (χ0n) is 17.9. The van der Waals surface area contributed by atoms with Gasteiger partial charge in [0.2, 0.25) is 0 Å². The number of hydrogen-bond donors (Lipinski definition) is 2. The van der Waals surface area contributed by atoms with Crippen molar-refractivity contribution in [1.29, 1.82) is 0 Å². The number of esters is 1. The van der Waals surface area contributed by atoms with Crippen molar-refractivity contribution >= 4 is 27.6 Å². The fraction of sp³-hybridized carbons (Fsp3) is 0.364. The van der Waals surface area contributed by atoms with E-state index in [9.17, 15) is 18.0 Å². The molecular weight excluding hydrogens is 404 g/mol. The van der Waals surface area contributed by atoms with Crippen LogP contribution in [0.5, 0.6) is 0 Å². The molecule has 0 atom stereocenters. The van der Waals surface area contributed by atoms with Crippen LogP contribution in [0.3, 0.4) is 0 Å². The number of carbonyl (C=O) groups excluding carboxylic acids is 2. The summed E-state index contributed by atoms with van der Waals surface area (Å²) in [6.07, 6.45) is 0.718. The number of amides is 1. The van der Waals surface area contributed by atoms with E-state index >= 15 is 0 Å². The monoisotopic (exact) mass is 432 g/mol. The summed E-state index contributed by atoms with van der Waals surface area (Å²) in [5, 5.41) is 2.77. The number of rotatable bonds is 8. The zero-order chi connectivity index (χ0) is 22.5. The molecule has 8 heteroatoms.